The molecule has 1 aliphatic heterocycles. The SMILES string of the molecule is CC(C)(C)OC(=O)Nc1cc(O)c2c(c1)NCCO2. The first kappa shape index (κ1) is 13.3. The van der Waals surface area contributed by atoms with Crippen LogP contribution in [0.3, 0.4) is 0 Å². The molecule has 3 N–H and O–H groups in total. The van der Waals surface area contributed by atoms with Crippen molar-refractivity contribution in [2.24, 2.45) is 0 Å². The van der Waals surface area contributed by atoms with Gasteiger partial charge in [0.25, 0.3) is 0 Å². The first-order chi connectivity index (χ1) is 8.85. The Morgan fingerprint density at radius 1 is 1.47 bits per heavy atom. The summed E-state index contributed by atoms with van der Waals surface area (Å²) >= 11 is 0. The molecule has 104 valence electrons. The number of rotatable bonds is 1. The van der Waals surface area contributed by atoms with E-state index >= 15 is 0 Å². The number of anilines is 2. The number of fused-ring (bicyclic) bond motifs is 1. The third-order valence-electron chi connectivity index (χ3n) is 2.38. The topological polar surface area (TPSA) is 79.8 Å². The van der Waals surface area contributed by atoms with E-state index in [1.807, 2.05) is 0 Å². The van der Waals surface area contributed by atoms with E-state index in [0.29, 0.717) is 30.3 Å². The van der Waals surface area contributed by atoms with Crippen molar-refractivity contribution in [2.45, 2.75) is 26.4 Å². The second-order valence-electron chi connectivity index (χ2n) is 5.27. The number of carbonyl (C=O) groups excluding carboxylic acids is 1. The maximum atomic E-state index is 11.6. The summed E-state index contributed by atoms with van der Waals surface area (Å²) in [4.78, 5) is 11.6. The Balaban J connectivity index is 2.13. The standard InChI is InChI=1S/C13H18N2O4/c1-13(2,3)19-12(17)15-8-6-9-11(10(16)7-8)18-5-4-14-9/h6-7,14,16H,4-5H2,1-3H3,(H,15,17). The maximum Gasteiger partial charge on any atom is 0.412 e. The van der Waals surface area contributed by atoms with Gasteiger partial charge in [0.15, 0.2) is 11.5 Å². The fourth-order valence-electron chi connectivity index (χ4n) is 1.73. The predicted molar refractivity (Wildman–Crippen MR) is 71.9 cm³/mol. The Morgan fingerprint density at radius 3 is 2.89 bits per heavy atom. The van der Waals surface area contributed by atoms with Gasteiger partial charge in [-0.05, 0) is 26.8 Å². The first-order valence-corrected chi connectivity index (χ1v) is 6.09. The molecule has 1 aliphatic rings. The van der Waals surface area contributed by atoms with E-state index in [4.69, 9.17) is 9.47 Å². The molecule has 0 bridgehead atoms. The highest BCUT2D eigenvalue weighted by atomic mass is 16.6. The second-order valence-corrected chi connectivity index (χ2v) is 5.27. The van der Waals surface area contributed by atoms with E-state index in [1.54, 1.807) is 26.8 Å². The molecule has 0 aliphatic carbocycles. The Labute approximate surface area is 111 Å². The van der Waals surface area contributed by atoms with Gasteiger partial charge in [0.1, 0.15) is 12.2 Å². The highest BCUT2D eigenvalue weighted by molar-refractivity contribution is 5.87. The molecule has 2 rings (SSSR count). The fraction of sp³-hybridized carbons (Fsp3) is 0.462. The summed E-state index contributed by atoms with van der Waals surface area (Å²) in [7, 11) is 0. The van der Waals surface area contributed by atoms with E-state index in [0.717, 1.165) is 0 Å². The van der Waals surface area contributed by atoms with E-state index in [-0.39, 0.29) is 5.75 Å². The molecule has 0 unspecified atom stereocenters. The number of aromatic hydroxyl groups is 1. The first-order valence-electron chi connectivity index (χ1n) is 6.09. The number of ether oxygens (including phenoxy) is 2. The fourth-order valence-corrected chi connectivity index (χ4v) is 1.73. The maximum absolute atomic E-state index is 11.6. The summed E-state index contributed by atoms with van der Waals surface area (Å²) < 4.78 is 10.5. The van der Waals surface area contributed by atoms with E-state index in [9.17, 15) is 9.90 Å². The molecule has 1 amide bonds. The van der Waals surface area contributed by atoms with Crippen molar-refractivity contribution in [3.8, 4) is 11.5 Å². The average Bonchev–Trinajstić information content (AvgIpc) is 2.26. The Morgan fingerprint density at radius 2 is 2.21 bits per heavy atom. The normalized spacial score (nSPS) is 13.8. The zero-order valence-corrected chi connectivity index (χ0v) is 11.2. The van der Waals surface area contributed by atoms with Crippen LogP contribution in [0.5, 0.6) is 11.5 Å². The lowest BCUT2D eigenvalue weighted by molar-refractivity contribution is 0.0636. The van der Waals surface area contributed by atoms with Crippen molar-refractivity contribution in [1.29, 1.82) is 0 Å². The quantitative estimate of drug-likeness (QED) is 0.728. The van der Waals surface area contributed by atoms with Crippen LogP contribution in [0.25, 0.3) is 0 Å². The van der Waals surface area contributed by atoms with Crippen molar-refractivity contribution in [1.82, 2.24) is 0 Å². The minimum Gasteiger partial charge on any atom is -0.504 e. The number of amides is 1. The predicted octanol–water partition coefficient (Wildman–Crippen LogP) is 2.54. The van der Waals surface area contributed by atoms with Gasteiger partial charge in [0.05, 0.1) is 11.4 Å². The summed E-state index contributed by atoms with van der Waals surface area (Å²) in [5.74, 6) is 0.386. The van der Waals surface area contributed by atoms with Crippen molar-refractivity contribution in [3.63, 3.8) is 0 Å². The van der Waals surface area contributed by atoms with Crippen molar-refractivity contribution in [2.75, 3.05) is 23.8 Å². The highest BCUT2D eigenvalue weighted by Gasteiger charge is 2.19. The molecule has 0 spiro atoms. The zero-order valence-electron chi connectivity index (χ0n) is 11.2. The number of phenolic OH excluding ortho intramolecular Hbond substituents is 1. The molecule has 19 heavy (non-hydrogen) atoms. The second kappa shape index (κ2) is 4.87. The molecular weight excluding hydrogens is 248 g/mol. The lowest BCUT2D eigenvalue weighted by Gasteiger charge is -2.22. The van der Waals surface area contributed by atoms with Crippen LogP contribution in [-0.2, 0) is 4.74 Å². The lowest BCUT2D eigenvalue weighted by atomic mass is 10.2. The lowest BCUT2D eigenvalue weighted by Crippen LogP contribution is -2.27. The van der Waals surface area contributed by atoms with Crippen LogP contribution in [0.2, 0.25) is 0 Å². The van der Waals surface area contributed by atoms with E-state index in [2.05, 4.69) is 10.6 Å². The van der Waals surface area contributed by atoms with Crippen molar-refractivity contribution < 1.29 is 19.4 Å². The van der Waals surface area contributed by atoms with Crippen LogP contribution in [0, 0.1) is 0 Å². The third kappa shape index (κ3) is 3.43. The molecular formula is C13H18N2O4. The number of phenols is 1. The molecule has 0 saturated carbocycles. The van der Waals surface area contributed by atoms with Crippen LogP contribution >= 0.6 is 0 Å². The van der Waals surface area contributed by atoms with Gasteiger partial charge >= 0.3 is 6.09 Å². The van der Waals surface area contributed by atoms with Crippen LogP contribution in [0.1, 0.15) is 20.8 Å². The summed E-state index contributed by atoms with van der Waals surface area (Å²) in [6.07, 6.45) is -0.566. The summed E-state index contributed by atoms with van der Waals surface area (Å²) in [6.45, 7) is 6.51. The summed E-state index contributed by atoms with van der Waals surface area (Å²) in [5.41, 5.74) is 0.530. The molecule has 6 heteroatoms. The monoisotopic (exact) mass is 266 g/mol. The van der Waals surface area contributed by atoms with E-state index in [1.165, 1.54) is 6.07 Å². The molecule has 0 aromatic heterocycles. The smallest absolute Gasteiger partial charge is 0.412 e. The number of hydrogen-bond acceptors (Lipinski definition) is 5. The molecule has 0 fully saturated rings. The average molecular weight is 266 g/mol. The van der Waals surface area contributed by atoms with Crippen LogP contribution in [0.15, 0.2) is 12.1 Å². The van der Waals surface area contributed by atoms with E-state index < -0.39 is 11.7 Å². The largest absolute Gasteiger partial charge is 0.504 e. The van der Waals surface area contributed by atoms with Crippen LogP contribution in [0.4, 0.5) is 16.2 Å². The number of hydrogen-bond donors (Lipinski definition) is 3. The molecule has 6 nitrogen and oxygen atoms in total. The van der Waals surface area contributed by atoms with Crippen molar-refractivity contribution in [3.05, 3.63) is 12.1 Å². The van der Waals surface area contributed by atoms with Gasteiger partial charge in [-0.3, -0.25) is 5.32 Å². The van der Waals surface area contributed by atoms with Gasteiger partial charge in [-0.15, -0.1) is 0 Å². The summed E-state index contributed by atoms with van der Waals surface area (Å²) in [5, 5.41) is 15.5. The molecule has 1 aromatic rings. The summed E-state index contributed by atoms with van der Waals surface area (Å²) in [6, 6.07) is 3.12. The minimum absolute atomic E-state index is 0.0178. The van der Waals surface area contributed by atoms with Crippen LogP contribution in [-0.4, -0.2) is 30.0 Å². The van der Waals surface area contributed by atoms with Gasteiger partial charge in [-0.25, -0.2) is 4.79 Å². The Kier molecular flexibility index (Phi) is 3.42. The number of carbonyl (C=O) groups is 1. The van der Waals surface area contributed by atoms with Crippen molar-refractivity contribution >= 4 is 17.5 Å². The highest BCUT2D eigenvalue weighted by Crippen LogP contribution is 2.39. The minimum atomic E-state index is -0.568. The van der Waals surface area contributed by atoms with Gasteiger partial charge in [-0.2, -0.15) is 0 Å². The van der Waals surface area contributed by atoms with Gasteiger partial charge in [0.2, 0.25) is 0 Å². The van der Waals surface area contributed by atoms with Gasteiger partial charge in [-0.1, -0.05) is 0 Å². The van der Waals surface area contributed by atoms with Gasteiger partial charge in [0, 0.05) is 12.6 Å². The number of benzene rings is 1. The van der Waals surface area contributed by atoms with Crippen LogP contribution < -0.4 is 15.4 Å². The Hall–Kier alpha value is -2.11. The molecule has 1 aromatic carbocycles. The van der Waals surface area contributed by atoms with Gasteiger partial charge < -0.3 is 19.9 Å². The molecule has 0 saturated heterocycles. The Bertz CT molecular complexity index is 494. The molecule has 1 heterocycles. The number of nitrogens with one attached hydrogen (secondary N) is 2. The third-order valence-corrected chi connectivity index (χ3v) is 2.38. The zero-order chi connectivity index (χ0) is 14.0. The molecule has 0 radical (unpaired) electrons. The molecule has 0 atom stereocenters.